The van der Waals surface area contributed by atoms with Crippen LogP contribution >= 0.6 is 23.2 Å². The summed E-state index contributed by atoms with van der Waals surface area (Å²) in [6, 6.07) is 7.59. The first kappa shape index (κ1) is 11.8. The average molecular weight is 267 g/mol. The first-order valence-corrected chi connectivity index (χ1v) is 5.49. The maximum absolute atomic E-state index is 5.66. The van der Waals surface area contributed by atoms with Crippen LogP contribution in [-0.4, -0.2) is 15.0 Å². The molecule has 86 valence electrons. The van der Waals surface area contributed by atoms with Crippen LogP contribution in [0.5, 0.6) is 0 Å². The highest BCUT2D eigenvalue weighted by molar-refractivity contribution is 6.31. The average Bonchev–Trinajstić information content (AvgIpc) is 2.28. The molecule has 0 amide bonds. The molecule has 0 unspecified atom stereocenters. The van der Waals surface area contributed by atoms with Crippen molar-refractivity contribution in [1.29, 1.82) is 0 Å². The van der Waals surface area contributed by atoms with Crippen LogP contribution in [0.2, 0.25) is 10.6 Å². The highest BCUT2D eigenvalue weighted by atomic mass is 35.5. The Morgan fingerprint density at radius 3 is 2.12 bits per heavy atom. The molecular formula is C11H8Cl2N4. The molecule has 0 atom stereocenters. The van der Waals surface area contributed by atoms with Gasteiger partial charge in [0.1, 0.15) is 0 Å². The number of benzene rings is 1. The van der Waals surface area contributed by atoms with Crippen LogP contribution in [0.25, 0.3) is 6.08 Å². The van der Waals surface area contributed by atoms with E-state index in [2.05, 4.69) is 26.8 Å². The van der Waals surface area contributed by atoms with E-state index < -0.39 is 0 Å². The molecule has 2 rings (SSSR count). The molecule has 0 saturated heterocycles. The van der Waals surface area contributed by atoms with E-state index >= 15 is 0 Å². The van der Waals surface area contributed by atoms with E-state index in [4.69, 9.17) is 23.2 Å². The summed E-state index contributed by atoms with van der Waals surface area (Å²) in [5.41, 5.74) is 1.86. The lowest BCUT2D eigenvalue weighted by molar-refractivity contribution is 1.05. The molecule has 0 bridgehead atoms. The number of hydrogen-bond donors (Lipinski definition) is 1. The smallest absolute Gasteiger partial charge is 0.232 e. The van der Waals surface area contributed by atoms with Crippen LogP contribution in [0.1, 0.15) is 5.56 Å². The molecule has 0 radical (unpaired) electrons. The van der Waals surface area contributed by atoms with Crippen LogP contribution in [0, 0.1) is 0 Å². The predicted octanol–water partition coefficient (Wildman–Crippen LogP) is 3.57. The maximum Gasteiger partial charge on any atom is 0.232 e. The zero-order valence-electron chi connectivity index (χ0n) is 8.69. The summed E-state index contributed by atoms with van der Waals surface area (Å²) in [4.78, 5) is 11.5. The number of nitrogens with zero attached hydrogens (tertiary/aromatic N) is 3. The molecule has 0 aliphatic heterocycles. The summed E-state index contributed by atoms with van der Waals surface area (Å²) < 4.78 is 0. The number of halogens is 2. The Morgan fingerprint density at radius 2 is 1.59 bits per heavy atom. The summed E-state index contributed by atoms with van der Waals surface area (Å²) in [6.07, 6.45) is 1.76. The van der Waals surface area contributed by atoms with Crippen molar-refractivity contribution >= 4 is 40.9 Å². The van der Waals surface area contributed by atoms with Gasteiger partial charge in [-0.05, 0) is 40.9 Å². The second-order valence-electron chi connectivity index (χ2n) is 3.15. The third-order valence-corrected chi connectivity index (χ3v) is 2.32. The fourth-order valence-electron chi connectivity index (χ4n) is 1.21. The monoisotopic (exact) mass is 266 g/mol. The van der Waals surface area contributed by atoms with E-state index in [0.29, 0.717) is 5.95 Å². The molecule has 0 fully saturated rings. The normalized spacial score (nSPS) is 10.0. The zero-order valence-corrected chi connectivity index (χ0v) is 10.2. The molecule has 1 aromatic heterocycles. The van der Waals surface area contributed by atoms with Crippen molar-refractivity contribution in [2.75, 3.05) is 5.32 Å². The lowest BCUT2D eigenvalue weighted by atomic mass is 10.2. The van der Waals surface area contributed by atoms with E-state index in [0.717, 1.165) is 11.3 Å². The van der Waals surface area contributed by atoms with Crippen LogP contribution < -0.4 is 5.32 Å². The summed E-state index contributed by atoms with van der Waals surface area (Å²) in [6.45, 7) is 3.68. The number of rotatable bonds is 3. The Hall–Kier alpha value is -1.65. The Morgan fingerprint density at radius 1 is 1.00 bits per heavy atom. The molecule has 0 saturated carbocycles. The number of hydrogen-bond acceptors (Lipinski definition) is 4. The number of anilines is 2. The van der Waals surface area contributed by atoms with Gasteiger partial charge in [0.15, 0.2) is 0 Å². The topological polar surface area (TPSA) is 50.7 Å². The lowest BCUT2D eigenvalue weighted by Gasteiger charge is -2.05. The van der Waals surface area contributed by atoms with Crippen molar-refractivity contribution in [3.8, 4) is 0 Å². The van der Waals surface area contributed by atoms with Crippen LogP contribution in [0.3, 0.4) is 0 Å². The van der Waals surface area contributed by atoms with Crippen molar-refractivity contribution in [3.63, 3.8) is 0 Å². The van der Waals surface area contributed by atoms with Gasteiger partial charge in [-0.25, -0.2) is 0 Å². The SMILES string of the molecule is C=Cc1ccc(Nc2nc(Cl)nc(Cl)n2)cc1. The minimum Gasteiger partial charge on any atom is -0.324 e. The van der Waals surface area contributed by atoms with Gasteiger partial charge in [-0.3, -0.25) is 0 Å². The number of aromatic nitrogens is 3. The molecular weight excluding hydrogens is 259 g/mol. The van der Waals surface area contributed by atoms with E-state index in [1.165, 1.54) is 0 Å². The van der Waals surface area contributed by atoms with Crippen LogP contribution in [0.4, 0.5) is 11.6 Å². The molecule has 4 nitrogen and oxygen atoms in total. The van der Waals surface area contributed by atoms with Crippen molar-refractivity contribution in [3.05, 3.63) is 47.0 Å². The molecule has 2 aromatic rings. The van der Waals surface area contributed by atoms with E-state index in [-0.39, 0.29) is 10.6 Å². The summed E-state index contributed by atoms with van der Waals surface area (Å²) in [5.74, 6) is 0.307. The molecule has 0 aliphatic carbocycles. The molecule has 0 spiro atoms. The maximum atomic E-state index is 5.66. The molecule has 1 aromatic carbocycles. The van der Waals surface area contributed by atoms with Gasteiger partial charge in [0, 0.05) is 5.69 Å². The van der Waals surface area contributed by atoms with Gasteiger partial charge < -0.3 is 5.32 Å². The van der Waals surface area contributed by atoms with Gasteiger partial charge in [-0.15, -0.1) is 0 Å². The standard InChI is InChI=1S/C11H8Cl2N4/c1-2-7-3-5-8(6-4-7)14-11-16-9(12)15-10(13)17-11/h2-6H,1H2,(H,14,15,16,17). The van der Waals surface area contributed by atoms with Gasteiger partial charge >= 0.3 is 0 Å². The Kier molecular flexibility index (Phi) is 3.56. The second kappa shape index (κ2) is 5.12. The van der Waals surface area contributed by atoms with Gasteiger partial charge in [0.2, 0.25) is 16.5 Å². The van der Waals surface area contributed by atoms with Gasteiger partial charge in [-0.1, -0.05) is 24.8 Å². The van der Waals surface area contributed by atoms with Gasteiger partial charge in [0.25, 0.3) is 0 Å². The van der Waals surface area contributed by atoms with E-state index in [1.807, 2.05) is 24.3 Å². The van der Waals surface area contributed by atoms with Crippen LogP contribution in [0.15, 0.2) is 30.8 Å². The second-order valence-corrected chi connectivity index (χ2v) is 3.82. The Balaban J connectivity index is 2.21. The number of nitrogens with one attached hydrogen (secondary N) is 1. The van der Waals surface area contributed by atoms with Gasteiger partial charge in [0.05, 0.1) is 0 Å². The zero-order chi connectivity index (χ0) is 12.3. The summed E-state index contributed by atoms with van der Waals surface area (Å²) in [5, 5.41) is 3.07. The molecule has 1 N–H and O–H groups in total. The first-order chi connectivity index (χ1) is 8.17. The van der Waals surface area contributed by atoms with Crippen molar-refractivity contribution in [2.24, 2.45) is 0 Å². The third-order valence-electron chi connectivity index (χ3n) is 1.98. The Bertz CT molecular complexity index is 519. The minimum atomic E-state index is 0.0511. The fourth-order valence-corrected chi connectivity index (χ4v) is 1.58. The Labute approximate surface area is 108 Å². The van der Waals surface area contributed by atoms with Crippen molar-refractivity contribution in [2.45, 2.75) is 0 Å². The quantitative estimate of drug-likeness (QED) is 0.923. The highest BCUT2D eigenvalue weighted by Crippen LogP contribution is 2.16. The molecule has 6 heteroatoms. The minimum absolute atomic E-state index is 0.0511. The highest BCUT2D eigenvalue weighted by Gasteiger charge is 2.03. The third kappa shape index (κ3) is 3.15. The van der Waals surface area contributed by atoms with E-state index in [1.54, 1.807) is 6.08 Å². The first-order valence-electron chi connectivity index (χ1n) is 4.74. The van der Waals surface area contributed by atoms with Crippen molar-refractivity contribution in [1.82, 2.24) is 15.0 Å². The fraction of sp³-hybridized carbons (Fsp3) is 0. The summed E-state index contributed by atoms with van der Waals surface area (Å²) >= 11 is 11.3. The molecule has 17 heavy (non-hydrogen) atoms. The molecule has 1 heterocycles. The largest absolute Gasteiger partial charge is 0.324 e. The summed E-state index contributed by atoms with van der Waals surface area (Å²) in [7, 11) is 0. The van der Waals surface area contributed by atoms with Gasteiger partial charge in [-0.2, -0.15) is 15.0 Å². The predicted molar refractivity (Wildman–Crippen MR) is 69.7 cm³/mol. The van der Waals surface area contributed by atoms with E-state index in [9.17, 15) is 0 Å². The van der Waals surface area contributed by atoms with Crippen molar-refractivity contribution < 1.29 is 0 Å². The lowest BCUT2D eigenvalue weighted by Crippen LogP contribution is -1.99. The van der Waals surface area contributed by atoms with Crippen LogP contribution in [-0.2, 0) is 0 Å². The molecule has 0 aliphatic rings.